The zero-order valence-electron chi connectivity index (χ0n) is 13.3. The summed E-state index contributed by atoms with van der Waals surface area (Å²) in [6.07, 6.45) is 0.896. The van der Waals surface area contributed by atoms with Crippen LogP contribution in [0.1, 0.15) is 42.1 Å². The van der Waals surface area contributed by atoms with Crippen LogP contribution in [0, 0.1) is 0 Å². The molecule has 1 atom stereocenters. The molecule has 7 heteroatoms. The van der Waals surface area contributed by atoms with E-state index in [4.69, 9.17) is 14.6 Å². The van der Waals surface area contributed by atoms with Gasteiger partial charge in [0.05, 0.1) is 19.6 Å². The first-order chi connectivity index (χ1) is 11.2. The van der Waals surface area contributed by atoms with Crippen molar-refractivity contribution in [1.29, 1.82) is 0 Å². The summed E-state index contributed by atoms with van der Waals surface area (Å²) in [6, 6.07) is 6.01. The third kappa shape index (κ3) is 2.35. The van der Waals surface area contributed by atoms with Gasteiger partial charge in [0.2, 0.25) is 4.96 Å². The smallest absolute Gasteiger partial charge is 0.234 e. The molecule has 4 rings (SSSR count). The van der Waals surface area contributed by atoms with Gasteiger partial charge in [-0.3, -0.25) is 0 Å². The first-order valence-corrected chi connectivity index (χ1v) is 8.49. The summed E-state index contributed by atoms with van der Waals surface area (Å²) in [5, 5.41) is 14.2. The van der Waals surface area contributed by atoms with E-state index in [0.717, 1.165) is 39.3 Å². The van der Waals surface area contributed by atoms with Crippen molar-refractivity contribution in [3.05, 3.63) is 34.6 Å². The lowest BCUT2D eigenvalue weighted by molar-refractivity contribution is 0.247. The van der Waals surface area contributed by atoms with E-state index in [1.54, 1.807) is 18.4 Å². The van der Waals surface area contributed by atoms with Gasteiger partial charge in [-0.25, -0.2) is 0 Å². The van der Waals surface area contributed by atoms with E-state index in [1.807, 2.05) is 16.6 Å². The molecule has 2 aromatic heterocycles. The molecule has 3 aromatic rings. The minimum Gasteiger partial charge on any atom is -0.493 e. The van der Waals surface area contributed by atoms with Gasteiger partial charge in [0.1, 0.15) is 5.01 Å². The van der Waals surface area contributed by atoms with E-state index in [0.29, 0.717) is 12.5 Å². The highest BCUT2D eigenvalue weighted by molar-refractivity contribution is 7.16. The minimum absolute atomic E-state index is 0.237. The van der Waals surface area contributed by atoms with Gasteiger partial charge in [0.15, 0.2) is 17.3 Å². The largest absolute Gasteiger partial charge is 0.493 e. The molecular formula is C16H18N4O2S. The van der Waals surface area contributed by atoms with Crippen LogP contribution in [0.15, 0.2) is 18.2 Å². The van der Waals surface area contributed by atoms with Gasteiger partial charge in [-0.2, -0.15) is 9.61 Å². The van der Waals surface area contributed by atoms with Gasteiger partial charge in [-0.15, -0.1) is 10.2 Å². The molecule has 1 unspecified atom stereocenters. The van der Waals surface area contributed by atoms with Crippen LogP contribution in [0.3, 0.4) is 0 Å². The average Bonchev–Trinajstić information content (AvgIpc) is 3.13. The fourth-order valence-electron chi connectivity index (χ4n) is 2.89. The lowest BCUT2D eigenvalue weighted by Gasteiger charge is -2.24. The molecular weight excluding hydrogens is 312 g/mol. The topological polar surface area (TPSA) is 61.5 Å². The van der Waals surface area contributed by atoms with E-state index >= 15 is 0 Å². The van der Waals surface area contributed by atoms with Crippen LogP contribution in [-0.4, -0.2) is 33.5 Å². The fraction of sp³-hybridized carbons (Fsp3) is 0.438. The number of fused-ring (bicyclic) bond motifs is 2. The van der Waals surface area contributed by atoms with Crippen LogP contribution >= 0.6 is 11.3 Å². The number of nitrogens with zero attached hydrogens (tertiary/aromatic N) is 4. The second kappa shape index (κ2) is 5.49. The quantitative estimate of drug-likeness (QED) is 0.739. The lowest BCUT2D eigenvalue weighted by atomic mass is 9.97. The normalized spacial score (nSPS) is 17.3. The van der Waals surface area contributed by atoms with Crippen LogP contribution < -0.4 is 9.47 Å². The van der Waals surface area contributed by atoms with Crippen molar-refractivity contribution in [1.82, 2.24) is 19.8 Å². The summed E-state index contributed by atoms with van der Waals surface area (Å²) in [6.45, 7) is 4.80. The van der Waals surface area contributed by atoms with Crippen molar-refractivity contribution in [2.24, 2.45) is 0 Å². The molecule has 0 aliphatic carbocycles. The van der Waals surface area contributed by atoms with Crippen molar-refractivity contribution in [3.8, 4) is 11.5 Å². The molecule has 0 saturated heterocycles. The number of para-hydroxylation sites is 1. The minimum atomic E-state index is 0.237. The van der Waals surface area contributed by atoms with E-state index in [2.05, 4.69) is 30.1 Å². The molecule has 0 spiro atoms. The Morgan fingerprint density at radius 3 is 3.00 bits per heavy atom. The van der Waals surface area contributed by atoms with Crippen LogP contribution in [0.4, 0.5) is 0 Å². The highest BCUT2D eigenvalue weighted by atomic mass is 32.1. The third-order valence-corrected chi connectivity index (χ3v) is 5.13. The lowest BCUT2D eigenvalue weighted by Crippen LogP contribution is -2.19. The maximum Gasteiger partial charge on any atom is 0.234 e. The second-order valence-electron chi connectivity index (χ2n) is 6.01. The van der Waals surface area contributed by atoms with E-state index in [-0.39, 0.29) is 5.92 Å². The molecule has 0 N–H and O–H groups in total. The van der Waals surface area contributed by atoms with Gasteiger partial charge in [-0.05, 0) is 18.1 Å². The first kappa shape index (κ1) is 14.4. The molecule has 0 saturated carbocycles. The van der Waals surface area contributed by atoms with Crippen molar-refractivity contribution in [3.63, 3.8) is 0 Å². The molecule has 120 valence electrons. The number of hydrogen-bond donors (Lipinski definition) is 0. The Hall–Kier alpha value is -2.15. The Morgan fingerprint density at radius 2 is 2.22 bits per heavy atom. The molecule has 1 aromatic carbocycles. The highest BCUT2D eigenvalue weighted by Gasteiger charge is 2.27. The molecule has 1 aliphatic rings. The predicted octanol–water partition coefficient (Wildman–Crippen LogP) is 3.04. The summed E-state index contributed by atoms with van der Waals surface area (Å²) < 4.78 is 13.2. The summed E-state index contributed by atoms with van der Waals surface area (Å²) in [5.41, 5.74) is 1.16. The van der Waals surface area contributed by atoms with Crippen LogP contribution in [0.5, 0.6) is 11.5 Å². The zero-order valence-corrected chi connectivity index (χ0v) is 14.1. The second-order valence-corrected chi connectivity index (χ2v) is 7.00. The van der Waals surface area contributed by atoms with Crippen molar-refractivity contribution < 1.29 is 9.47 Å². The Balaban J connectivity index is 1.67. The third-order valence-electron chi connectivity index (χ3n) is 4.07. The van der Waals surface area contributed by atoms with E-state index in [9.17, 15) is 0 Å². The van der Waals surface area contributed by atoms with Gasteiger partial charge < -0.3 is 9.47 Å². The number of aromatic nitrogens is 4. The Labute approximate surface area is 138 Å². The predicted molar refractivity (Wildman–Crippen MR) is 87.7 cm³/mol. The fourth-order valence-corrected chi connectivity index (χ4v) is 3.82. The Kier molecular flexibility index (Phi) is 3.45. The molecule has 0 amide bonds. The van der Waals surface area contributed by atoms with Crippen LogP contribution in [0.25, 0.3) is 4.96 Å². The van der Waals surface area contributed by atoms with E-state index in [1.165, 1.54) is 0 Å². The number of methoxy groups -OCH3 is 1. The van der Waals surface area contributed by atoms with Crippen LogP contribution in [0.2, 0.25) is 0 Å². The molecule has 6 nitrogen and oxygen atoms in total. The van der Waals surface area contributed by atoms with Crippen molar-refractivity contribution >= 4 is 16.3 Å². The molecule has 0 radical (unpaired) electrons. The molecule has 3 heterocycles. The summed E-state index contributed by atoms with van der Waals surface area (Å²) >= 11 is 1.59. The van der Waals surface area contributed by atoms with Crippen molar-refractivity contribution in [2.75, 3.05) is 13.7 Å². The first-order valence-electron chi connectivity index (χ1n) is 7.68. The summed E-state index contributed by atoms with van der Waals surface area (Å²) in [4.78, 5) is 0.847. The monoisotopic (exact) mass is 330 g/mol. The summed E-state index contributed by atoms with van der Waals surface area (Å²) in [5.74, 6) is 3.09. The molecule has 0 fully saturated rings. The standard InChI is InChI=1S/C16H18N4O2S/c1-9(2)14-17-18-16-20(14)19-15(23-16)11-7-10-5-4-6-12(21-3)13(10)22-8-11/h4-6,9,11H,7-8H2,1-3H3. The van der Waals surface area contributed by atoms with E-state index < -0.39 is 0 Å². The maximum absolute atomic E-state index is 5.96. The number of benzene rings is 1. The summed E-state index contributed by atoms with van der Waals surface area (Å²) in [7, 11) is 1.67. The highest BCUT2D eigenvalue weighted by Crippen LogP contribution is 2.39. The van der Waals surface area contributed by atoms with Gasteiger partial charge in [0.25, 0.3) is 0 Å². The van der Waals surface area contributed by atoms with Gasteiger partial charge >= 0.3 is 0 Å². The van der Waals surface area contributed by atoms with Gasteiger partial charge in [-0.1, -0.05) is 37.3 Å². The SMILES string of the molecule is COc1cccc2c1OCC(c1nn3c(C(C)C)nnc3s1)C2. The van der Waals surface area contributed by atoms with Gasteiger partial charge in [0, 0.05) is 5.92 Å². The maximum atomic E-state index is 5.96. The average molecular weight is 330 g/mol. The van der Waals surface area contributed by atoms with Crippen LogP contribution in [-0.2, 0) is 6.42 Å². The Bertz CT molecular complexity index is 855. The van der Waals surface area contributed by atoms with Crippen molar-refractivity contribution in [2.45, 2.75) is 32.1 Å². The number of rotatable bonds is 3. The molecule has 23 heavy (non-hydrogen) atoms. The number of ether oxygens (including phenoxy) is 2. The Morgan fingerprint density at radius 1 is 1.35 bits per heavy atom. The number of hydrogen-bond acceptors (Lipinski definition) is 6. The molecule has 0 bridgehead atoms. The molecule has 1 aliphatic heterocycles. The zero-order chi connectivity index (χ0) is 16.0.